The van der Waals surface area contributed by atoms with E-state index in [1.165, 1.54) is 36.6 Å². The number of rotatable bonds is 5. The number of nitrogens with one attached hydrogen (secondary N) is 1. The Morgan fingerprint density at radius 2 is 1.89 bits per heavy atom. The van der Waals surface area contributed by atoms with Gasteiger partial charge >= 0.3 is 11.8 Å². The first-order valence-electron chi connectivity index (χ1n) is 8.25. The number of tetrazole rings is 1. The van der Waals surface area contributed by atoms with E-state index in [4.69, 9.17) is 5.11 Å². The molecule has 0 fully saturated rings. The highest BCUT2D eigenvalue weighted by Crippen LogP contribution is 2.05. The van der Waals surface area contributed by atoms with Gasteiger partial charge in [0.15, 0.2) is 0 Å². The van der Waals surface area contributed by atoms with Gasteiger partial charge in [-0.2, -0.15) is 4.68 Å². The standard InChI is InChI=1S/C10H15N.C8H5FN4O3/c1-11-9-5-8-10-6-3-2-4-7-10;9-5-2-1-3-6(4-5)12-7(14)13(8(15)16)11-10-12/h2-4,6-7,11H,5,8-9H2,1H3;1-4H,(H,15,16). The van der Waals surface area contributed by atoms with Crippen LogP contribution in [0, 0.1) is 5.82 Å². The van der Waals surface area contributed by atoms with Crippen molar-refractivity contribution in [2.45, 2.75) is 12.8 Å². The van der Waals surface area contributed by atoms with Gasteiger partial charge in [-0.3, -0.25) is 0 Å². The molecule has 3 aromatic rings. The summed E-state index contributed by atoms with van der Waals surface area (Å²) in [5, 5.41) is 18.1. The summed E-state index contributed by atoms with van der Waals surface area (Å²) < 4.78 is 13.7. The zero-order valence-corrected chi connectivity index (χ0v) is 14.7. The van der Waals surface area contributed by atoms with Crippen molar-refractivity contribution in [3.8, 4) is 5.69 Å². The third kappa shape index (κ3) is 5.86. The van der Waals surface area contributed by atoms with Gasteiger partial charge in [0.05, 0.1) is 5.69 Å². The van der Waals surface area contributed by atoms with Crippen LogP contribution in [0.5, 0.6) is 0 Å². The van der Waals surface area contributed by atoms with Crippen LogP contribution in [0.1, 0.15) is 12.0 Å². The number of hydrogen-bond donors (Lipinski definition) is 2. The molecule has 0 aliphatic carbocycles. The number of carbonyl (C=O) groups is 1. The summed E-state index contributed by atoms with van der Waals surface area (Å²) in [6, 6.07) is 15.6. The maximum Gasteiger partial charge on any atom is 0.438 e. The minimum absolute atomic E-state index is 0.109. The Morgan fingerprint density at radius 3 is 2.48 bits per heavy atom. The number of aryl methyl sites for hydroxylation is 1. The fourth-order valence-corrected chi connectivity index (χ4v) is 2.25. The number of aromatic nitrogens is 4. The van der Waals surface area contributed by atoms with Gasteiger partial charge in [-0.15, -0.1) is 0 Å². The first kappa shape index (κ1) is 20.0. The van der Waals surface area contributed by atoms with E-state index in [1.807, 2.05) is 7.05 Å². The van der Waals surface area contributed by atoms with Crippen molar-refractivity contribution in [3.05, 3.63) is 76.5 Å². The summed E-state index contributed by atoms with van der Waals surface area (Å²) in [5.41, 5.74) is 0.568. The van der Waals surface area contributed by atoms with E-state index in [9.17, 15) is 14.0 Å². The lowest BCUT2D eigenvalue weighted by molar-refractivity contribution is 0.191. The van der Waals surface area contributed by atoms with Gasteiger partial charge in [0.2, 0.25) is 0 Å². The Balaban J connectivity index is 0.000000208. The monoisotopic (exact) mass is 373 g/mol. The molecule has 2 aromatic carbocycles. The highest BCUT2D eigenvalue weighted by atomic mass is 19.1. The second kappa shape index (κ2) is 9.97. The van der Waals surface area contributed by atoms with Crippen LogP contribution in [-0.2, 0) is 6.42 Å². The summed E-state index contributed by atoms with van der Waals surface area (Å²) in [6.07, 6.45) is 0.856. The first-order valence-corrected chi connectivity index (χ1v) is 8.25. The highest BCUT2D eigenvalue weighted by molar-refractivity contribution is 5.66. The molecule has 0 spiro atoms. The average Bonchev–Trinajstić information content (AvgIpc) is 3.05. The smallest absolute Gasteiger partial charge is 0.438 e. The van der Waals surface area contributed by atoms with Gasteiger partial charge in [0.25, 0.3) is 0 Å². The predicted octanol–water partition coefficient (Wildman–Crippen LogP) is 1.93. The normalized spacial score (nSPS) is 10.1. The lowest BCUT2D eigenvalue weighted by Gasteiger charge is -1.99. The summed E-state index contributed by atoms with van der Waals surface area (Å²) in [7, 11) is 1.99. The van der Waals surface area contributed by atoms with E-state index >= 15 is 0 Å². The molecule has 8 nitrogen and oxygen atoms in total. The number of benzene rings is 2. The Bertz CT molecular complexity index is 924. The first-order chi connectivity index (χ1) is 13.0. The fourth-order valence-electron chi connectivity index (χ4n) is 2.25. The maximum atomic E-state index is 12.9. The molecule has 0 saturated heterocycles. The van der Waals surface area contributed by atoms with Gasteiger partial charge in [-0.05, 0) is 60.6 Å². The van der Waals surface area contributed by atoms with E-state index < -0.39 is 17.6 Å². The van der Waals surface area contributed by atoms with E-state index in [0.717, 1.165) is 12.6 Å². The molecule has 9 heteroatoms. The minimum atomic E-state index is -1.55. The third-order valence-corrected chi connectivity index (χ3v) is 3.55. The molecular formula is C18H20FN5O3. The maximum absolute atomic E-state index is 12.9. The van der Waals surface area contributed by atoms with Crippen LogP contribution in [0.3, 0.4) is 0 Å². The molecule has 3 rings (SSSR count). The molecule has 0 atom stereocenters. The van der Waals surface area contributed by atoms with Crippen molar-refractivity contribution < 1.29 is 14.3 Å². The Kier molecular flexibility index (Phi) is 7.38. The number of nitrogens with zero attached hydrogens (tertiary/aromatic N) is 4. The second-order valence-corrected chi connectivity index (χ2v) is 5.54. The van der Waals surface area contributed by atoms with Crippen LogP contribution < -0.4 is 11.0 Å². The van der Waals surface area contributed by atoms with Gasteiger partial charge in [0, 0.05) is 0 Å². The summed E-state index contributed by atoms with van der Waals surface area (Å²) in [4.78, 5) is 21.9. The minimum Gasteiger partial charge on any atom is -0.463 e. The topological polar surface area (TPSA) is 102 Å². The van der Waals surface area contributed by atoms with Crippen molar-refractivity contribution >= 4 is 6.09 Å². The molecule has 0 bridgehead atoms. The zero-order chi connectivity index (χ0) is 19.6. The fraction of sp³-hybridized carbons (Fsp3) is 0.222. The van der Waals surface area contributed by atoms with Crippen LogP contribution in [0.25, 0.3) is 5.69 Å². The van der Waals surface area contributed by atoms with Crippen LogP contribution in [0.15, 0.2) is 59.4 Å². The average molecular weight is 373 g/mol. The third-order valence-electron chi connectivity index (χ3n) is 3.55. The summed E-state index contributed by atoms with van der Waals surface area (Å²) in [5.74, 6) is -0.561. The number of halogens is 1. The molecule has 0 amide bonds. The van der Waals surface area contributed by atoms with E-state index in [1.54, 1.807) is 0 Å². The molecule has 0 saturated carbocycles. The Labute approximate surface area is 154 Å². The van der Waals surface area contributed by atoms with E-state index in [-0.39, 0.29) is 10.4 Å². The van der Waals surface area contributed by atoms with E-state index in [0.29, 0.717) is 4.68 Å². The molecule has 0 aliphatic rings. The van der Waals surface area contributed by atoms with Crippen molar-refractivity contribution in [1.29, 1.82) is 0 Å². The molecule has 0 unspecified atom stereocenters. The Morgan fingerprint density at radius 1 is 1.15 bits per heavy atom. The summed E-state index contributed by atoms with van der Waals surface area (Å²) in [6.45, 7) is 1.11. The molecule has 27 heavy (non-hydrogen) atoms. The SMILES string of the molecule is CNCCCc1ccccc1.O=C(O)n1nnn(-c2cccc(F)c2)c1=O. The molecule has 1 heterocycles. The van der Waals surface area contributed by atoms with Crippen LogP contribution in [0.2, 0.25) is 0 Å². The molecule has 1 aromatic heterocycles. The van der Waals surface area contributed by atoms with Gasteiger partial charge in [-0.1, -0.05) is 41.1 Å². The second-order valence-electron chi connectivity index (χ2n) is 5.54. The van der Waals surface area contributed by atoms with Crippen LogP contribution in [-0.4, -0.2) is 44.6 Å². The predicted molar refractivity (Wildman–Crippen MR) is 97.7 cm³/mol. The molecule has 0 aliphatic heterocycles. The Hall–Kier alpha value is -3.33. The van der Waals surface area contributed by atoms with Gasteiger partial charge in [0.1, 0.15) is 5.82 Å². The zero-order valence-electron chi connectivity index (χ0n) is 14.7. The number of carboxylic acid groups (broad SMARTS) is 1. The van der Waals surface area contributed by atoms with Crippen molar-refractivity contribution in [3.63, 3.8) is 0 Å². The van der Waals surface area contributed by atoms with Crippen molar-refractivity contribution in [1.82, 2.24) is 25.1 Å². The highest BCUT2D eigenvalue weighted by Gasteiger charge is 2.13. The quantitative estimate of drug-likeness (QED) is 0.523. The van der Waals surface area contributed by atoms with Crippen molar-refractivity contribution in [2.75, 3.05) is 13.6 Å². The lowest BCUT2D eigenvalue weighted by atomic mass is 10.1. The summed E-state index contributed by atoms with van der Waals surface area (Å²) >= 11 is 0. The largest absolute Gasteiger partial charge is 0.463 e. The van der Waals surface area contributed by atoms with Crippen molar-refractivity contribution in [2.24, 2.45) is 0 Å². The van der Waals surface area contributed by atoms with Gasteiger partial charge < -0.3 is 10.4 Å². The van der Waals surface area contributed by atoms with Crippen LogP contribution in [0.4, 0.5) is 9.18 Å². The molecule has 2 N–H and O–H groups in total. The molecular weight excluding hydrogens is 353 g/mol. The number of hydrogen-bond acceptors (Lipinski definition) is 5. The van der Waals surface area contributed by atoms with E-state index in [2.05, 4.69) is 46.1 Å². The molecule has 0 radical (unpaired) electrons. The van der Waals surface area contributed by atoms with Gasteiger partial charge in [-0.25, -0.2) is 14.0 Å². The molecule has 142 valence electrons. The lowest BCUT2D eigenvalue weighted by Crippen LogP contribution is -2.28. The van der Waals surface area contributed by atoms with Crippen LogP contribution >= 0.6 is 0 Å².